The Morgan fingerprint density at radius 2 is 1.87 bits per heavy atom. The molecule has 8 heteroatoms. The number of carbonyl (C=O) groups excluding carboxylic acids is 2. The summed E-state index contributed by atoms with van der Waals surface area (Å²) in [5.74, 6) is 0.699. The molecule has 31 heavy (non-hydrogen) atoms. The summed E-state index contributed by atoms with van der Waals surface area (Å²) in [6.45, 7) is 0.353. The summed E-state index contributed by atoms with van der Waals surface area (Å²) < 4.78 is 11.6. The molecule has 1 aliphatic rings. The van der Waals surface area contributed by atoms with Crippen LogP contribution in [0.15, 0.2) is 59.5 Å². The van der Waals surface area contributed by atoms with Crippen LogP contribution in [0, 0.1) is 3.57 Å². The minimum atomic E-state index is -0.362. The molecular weight excluding hydrogens is 529 g/mol. The van der Waals surface area contributed by atoms with Crippen LogP contribution >= 0.6 is 34.4 Å². The summed E-state index contributed by atoms with van der Waals surface area (Å²) in [7, 11) is 1.46. The minimum absolute atomic E-state index is 0.0407. The van der Waals surface area contributed by atoms with Crippen molar-refractivity contribution in [3.63, 3.8) is 0 Å². The Hall–Kier alpha value is -2.72. The van der Waals surface area contributed by atoms with E-state index in [1.54, 1.807) is 18.2 Å². The molecule has 158 valence electrons. The molecule has 6 nitrogen and oxygen atoms in total. The third-order valence-corrected chi connectivity index (χ3v) is 6.49. The number of ether oxygens (including phenoxy) is 2. The van der Waals surface area contributed by atoms with Crippen LogP contribution in [-0.2, 0) is 4.79 Å². The van der Waals surface area contributed by atoms with Crippen LogP contribution in [0.5, 0.6) is 17.2 Å². The number of amides is 2. The largest absolute Gasteiger partial charge is 0.504 e. The standard InChI is InChI=1S/C23H18INO5S/c1-29-19-12-14(11-17(24)21(19)26)13-20-22(27)25(23(28)31-20)9-10-30-18-8-4-6-15-5-2-3-7-16(15)18/h2-8,11-13,26H,9-10H2,1H3/b20-13-. The predicted octanol–water partition coefficient (Wildman–Crippen LogP) is 5.27. The molecule has 1 fully saturated rings. The number of nitrogens with zero attached hydrogens (tertiary/aromatic N) is 1. The Kier molecular flexibility index (Phi) is 6.38. The molecule has 0 bridgehead atoms. The van der Waals surface area contributed by atoms with E-state index >= 15 is 0 Å². The maximum absolute atomic E-state index is 12.8. The minimum Gasteiger partial charge on any atom is -0.504 e. The number of methoxy groups -OCH3 is 1. The number of fused-ring (bicyclic) bond motifs is 1. The van der Waals surface area contributed by atoms with Gasteiger partial charge in [-0.3, -0.25) is 14.5 Å². The molecule has 0 aliphatic carbocycles. The Labute approximate surface area is 197 Å². The van der Waals surface area contributed by atoms with Gasteiger partial charge >= 0.3 is 0 Å². The van der Waals surface area contributed by atoms with Crippen molar-refractivity contribution in [3.8, 4) is 17.2 Å². The van der Waals surface area contributed by atoms with E-state index in [4.69, 9.17) is 9.47 Å². The SMILES string of the molecule is COc1cc(/C=C2\SC(=O)N(CCOc3cccc4ccccc34)C2=O)cc(I)c1O. The van der Waals surface area contributed by atoms with E-state index < -0.39 is 0 Å². The first-order valence-electron chi connectivity index (χ1n) is 9.40. The van der Waals surface area contributed by atoms with Gasteiger partial charge < -0.3 is 14.6 Å². The second-order valence-electron chi connectivity index (χ2n) is 6.71. The summed E-state index contributed by atoms with van der Waals surface area (Å²) in [5.41, 5.74) is 0.663. The van der Waals surface area contributed by atoms with Gasteiger partial charge in [0.25, 0.3) is 11.1 Å². The molecule has 3 aromatic carbocycles. The van der Waals surface area contributed by atoms with E-state index in [-0.39, 0.29) is 30.0 Å². The van der Waals surface area contributed by atoms with Gasteiger partial charge in [0.05, 0.1) is 22.1 Å². The Bertz CT molecular complexity index is 1200. The lowest BCUT2D eigenvalue weighted by Crippen LogP contribution is -2.32. The lowest BCUT2D eigenvalue weighted by molar-refractivity contribution is -0.123. The Morgan fingerprint density at radius 1 is 1.10 bits per heavy atom. The fourth-order valence-corrected chi connectivity index (χ4v) is 4.74. The van der Waals surface area contributed by atoms with Crippen LogP contribution in [0.25, 0.3) is 16.8 Å². The van der Waals surface area contributed by atoms with E-state index in [1.165, 1.54) is 12.0 Å². The number of halogens is 1. The zero-order chi connectivity index (χ0) is 22.0. The second-order valence-corrected chi connectivity index (χ2v) is 8.87. The van der Waals surface area contributed by atoms with Crippen molar-refractivity contribution in [2.45, 2.75) is 0 Å². The van der Waals surface area contributed by atoms with Gasteiger partial charge in [-0.2, -0.15) is 0 Å². The van der Waals surface area contributed by atoms with Crippen molar-refractivity contribution in [3.05, 3.63) is 68.6 Å². The third kappa shape index (κ3) is 4.49. The number of phenolic OH excluding ortho intramolecular Hbond substituents is 1. The number of phenols is 1. The molecule has 2 amide bonds. The second kappa shape index (κ2) is 9.19. The van der Waals surface area contributed by atoms with Gasteiger partial charge in [0, 0.05) is 5.39 Å². The number of carbonyl (C=O) groups is 2. The molecule has 0 unspecified atom stereocenters. The average molecular weight is 547 g/mol. The van der Waals surface area contributed by atoms with Crippen LogP contribution in [0.3, 0.4) is 0 Å². The first-order valence-corrected chi connectivity index (χ1v) is 11.3. The lowest BCUT2D eigenvalue weighted by Gasteiger charge is -2.14. The number of thioether (sulfide) groups is 1. The van der Waals surface area contributed by atoms with E-state index in [0.29, 0.717) is 25.5 Å². The highest BCUT2D eigenvalue weighted by molar-refractivity contribution is 14.1. The zero-order valence-corrected chi connectivity index (χ0v) is 19.5. The van der Waals surface area contributed by atoms with Crippen molar-refractivity contribution in [2.75, 3.05) is 20.3 Å². The fraction of sp³-hybridized carbons (Fsp3) is 0.130. The van der Waals surface area contributed by atoms with Crippen molar-refractivity contribution in [1.82, 2.24) is 4.90 Å². The third-order valence-electron chi connectivity index (χ3n) is 4.76. The van der Waals surface area contributed by atoms with Gasteiger partial charge in [0.1, 0.15) is 12.4 Å². The van der Waals surface area contributed by atoms with Gasteiger partial charge in [-0.1, -0.05) is 36.4 Å². The molecule has 4 rings (SSSR count). The summed E-state index contributed by atoms with van der Waals surface area (Å²) in [4.78, 5) is 26.7. The molecular formula is C23H18INO5S. The van der Waals surface area contributed by atoms with E-state index in [2.05, 4.69) is 0 Å². The maximum atomic E-state index is 12.8. The van der Waals surface area contributed by atoms with Crippen LogP contribution in [-0.4, -0.2) is 41.4 Å². The number of rotatable bonds is 6. The van der Waals surface area contributed by atoms with Crippen LogP contribution in [0.2, 0.25) is 0 Å². The van der Waals surface area contributed by atoms with Crippen molar-refractivity contribution < 1.29 is 24.2 Å². The van der Waals surface area contributed by atoms with Crippen molar-refractivity contribution in [2.24, 2.45) is 0 Å². The average Bonchev–Trinajstić information content (AvgIpc) is 3.03. The first-order chi connectivity index (χ1) is 15.0. The summed E-state index contributed by atoms with van der Waals surface area (Å²) >= 11 is 2.87. The molecule has 3 aromatic rings. The quantitative estimate of drug-likeness (QED) is 0.335. The number of hydrogen-bond donors (Lipinski definition) is 1. The Balaban J connectivity index is 1.46. The molecule has 1 saturated heterocycles. The highest BCUT2D eigenvalue weighted by Gasteiger charge is 2.34. The van der Waals surface area contributed by atoms with Gasteiger partial charge in [-0.25, -0.2) is 0 Å². The predicted molar refractivity (Wildman–Crippen MR) is 129 cm³/mol. The molecule has 0 radical (unpaired) electrons. The molecule has 0 atom stereocenters. The number of imide groups is 1. The van der Waals surface area contributed by atoms with Crippen molar-refractivity contribution >= 4 is 62.3 Å². The normalized spacial score (nSPS) is 15.2. The topological polar surface area (TPSA) is 76.1 Å². The molecule has 0 spiro atoms. The van der Waals surface area contributed by atoms with Gasteiger partial charge in [0.2, 0.25) is 0 Å². The number of hydrogen-bond acceptors (Lipinski definition) is 6. The summed E-state index contributed by atoms with van der Waals surface area (Å²) in [5, 5.41) is 11.7. The van der Waals surface area contributed by atoms with Crippen LogP contribution in [0.1, 0.15) is 5.56 Å². The summed E-state index contributed by atoms with van der Waals surface area (Å²) in [6, 6.07) is 17.0. The van der Waals surface area contributed by atoms with Gasteiger partial charge in [-0.15, -0.1) is 0 Å². The van der Waals surface area contributed by atoms with Gasteiger partial charge in [-0.05, 0) is 69.6 Å². The van der Waals surface area contributed by atoms with Crippen molar-refractivity contribution in [1.29, 1.82) is 0 Å². The zero-order valence-electron chi connectivity index (χ0n) is 16.5. The van der Waals surface area contributed by atoms with Crippen LogP contribution < -0.4 is 9.47 Å². The maximum Gasteiger partial charge on any atom is 0.293 e. The molecule has 0 aromatic heterocycles. The molecule has 1 aliphatic heterocycles. The first kappa shape index (κ1) is 21.5. The smallest absolute Gasteiger partial charge is 0.293 e. The lowest BCUT2D eigenvalue weighted by atomic mass is 10.1. The van der Waals surface area contributed by atoms with E-state index in [0.717, 1.165) is 22.5 Å². The molecule has 1 heterocycles. The fourth-order valence-electron chi connectivity index (χ4n) is 3.25. The number of aromatic hydroxyl groups is 1. The monoisotopic (exact) mass is 547 g/mol. The summed E-state index contributed by atoms with van der Waals surface area (Å²) in [6.07, 6.45) is 1.63. The van der Waals surface area contributed by atoms with E-state index in [9.17, 15) is 14.7 Å². The molecule has 0 saturated carbocycles. The van der Waals surface area contributed by atoms with Gasteiger partial charge in [0.15, 0.2) is 11.5 Å². The Morgan fingerprint density at radius 3 is 2.68 bits per heavy atom. The molecule has 1 N–H and O–H groups in total. The number of benzene rings is 3. The highest BCUT2D eigenvalue weighted by Crippen LogP contribution is 2.36. The van der Waals surface area contributed by atoms with Crippen LogP contribution in [0.4, 0.5) is 4.79 Å². The highest BCUT2D eigenvalue weighted by atomic mass is 127. The van der Waals surface area contributed by atoms with E-state index in [1.807, 2.05) is 65.1 Å².